The van der Waals surface area contributed by atoms with E-state index >= 15 is 0 Å². The molecule has 1 saturated heterocycles. The SMILES string of the molecule is O=S(=O)(c1ccccc1CNc1ccc(C(F)(F)F)nn1)N1CCCCC1. The topological polar surface area (TPSA) is 75.2 Å². The van der Waals surface area contributed by atoms with Crippen molar-refractivity contribution in [3.05, 3.63) is 47.7 Å². The normalized spacial score (nSPS) is 16.3. The molecule has 0 bridgehead atoms. The molecule has 1 aliphatic heterocycles. The van der Waals surface area contributed by atoms with Crippen molar-refractivity contribution in [3.8, 4) is 0 Å². The van der Waals surface area contributed by atoms with E-state index in [2.05, 4.69) is 15.5 Å². The summed E-state index contributed by atoms with van der Waals surface area (Å²) >= 11 is 0. The van der Waals surface area contributed by atoms with Crippen molar-refractivity contribution in [3.63, 3.8) is 0 Å². The second-order valence-corrected chi connectivity index (χ2v) is 8.13. The highest BCUT2D eigenvalue weighted by Gasteiger charge is 2.33. The molecule has 10 heteroatoms. The number of hydrogen-bond donors (Lipinski definition) is 1. The fourth-order valence-electron chi connectivity index (χ4n) is 2.91. The third-order valence-corrected chi connectivity index (χ3v) is 6.32. The second kappa shape index (κ2) is 7.81. The fourth-order valence-corrected chi connectivity index (χ4v) is 4.65. The molecule has 1 N–H and O–H groups in total. The fraction of sp³-hybridized carbons (Fsp3) is 0.412. The van der Waals surface area contributed by atoms with Crippen LogP contribution in [0.2, 0.25) is 0 Å². The molecule has 0 aliphatic carbocycles. The number of piperidine rings is 1. The maximum atomic E-state index is 12.9. The molecule has 1 aliphatic rings. The average molecular weight is 400 g/mol. The minimum Gasteiger partial charge on any atom is -0.364 e. The molecule has 0 spiro atoms. The zero-order chi connectivity index (χ0) is 19.5. The summed E-state index contributed by atoms with van der Waals surface area (Å²) in [6.45, 7) is 1.09. The molecule has 0 unspecified atom stereocenters. The highest BCUT2D eigenvalue weighted by molar-refractivity contribution is 7.89. The van der Waals surface area contributed by atoms with E-state index in [0.717, 1.165) is 31.4 Å². The highest BCUT2D eigenvalue weighted by atomic mass is 32.2. The van der Waals surface area contributed by atoms with Gasteiger partial charge in [0.2, 0.25) is 10.0 Å². The van der Waals surface area contributed by atoms with Gasteiger partial charge in [-0.2, -0.15) is 17.5 Å². The van der Waals surface area contributed by atoms with Gasteiger partial charge >= 0.3 is 6.18 Å². The third kappa shape index (κ3) is 4.56. The number of halogens is 3. The van der Waals surface area contributed by atoms with Gasteiger partial charge in [-0.15, -0.1) is 10.2 Å². The molecule has 1 fully saturated rings. The van der Waals surface area contributed by atoms with Gasteiger partial charge in [-0.25, -0.2) is 8.42 Å². The molecule has 2 aromatic rings. The zero-order valence-corrected chi connectivity index (χ0v) is 15.2. The van der Waals surface area contributed by atoms with Crippen LogP contribution < -0.4 is 5.32 Å². The number of benzene rings is 1. The zero-order valence-electron chi connectivity index (χ0n) is 14.4. The maximum absolute atomic E-state index is 12.9. The average Bonchev–Trinajstić information content (AvgIpc) is 2.67. The van der Waals surface area contributed by atoms with Gasteiger partial charge in [-0.1, -0.05) is 24.6 Å². The van der Waals surface area contributed by atoms with Crippen molar-refractivity contribution in [1.29, 1.82) is 0 Å². The van der Waals surface area contributed by atoms with Crippen LogP contribution in [0.25, 0.3) is 0 Å². The minimum absolute atomic E-state index is 0.100. The van der Waals surface area contributed by atoms with Crippen LogP contribution in [0, 0.1) is 0 Å². The van der Waals surface area contributed by atoms with E-state index in [1.54, 1.807) is 24.3 Å². The van der Waals surface area contributed by atoms with E-state index in [4.69, 9.17) is 0 Å². The molecular formula is C17H19F3N4O2S. The van der Waals surface area contributed by atoms with Crippen molar-refractivity contribution < 1.29 is 21.6 Å². The Hall–Kier alpha value is -2.20. The van der Waals surface area contributed by atoms with Crippen LogP contribution in [-0.4, -0.2) is 36.0 Å². The van der Waals surface area contributed by atoms with Crippen LogP contribution in [0.3, 0.4) is 0 Å². The van der Waals surface area contributed by atoms with Crippen molar-refractivity contribution in [2.24, 2.45) is 0 Å². The first-order valence-electron chi connectivity index (χ1n) is 8.51. The van der Waals surface area contributed by atoms with Crippen molar-refractivity contribution in [2.75, 3.05) is 18.4 Å². The summed E-state index contributed by atoms with van der Waals surface area (Å²) < 4.78 is 64.9. The van der Waals surface area contributed by atoms with Crippen LogP contribution in [0.1, 0.15) is 30.5 Å². The number of hydrogen-bond acceptors (Lipinski definition) is 5. The number of anilines is 1. The monoisotopic (exact) mass is 400 g/mol. The lowest BCUT2D eigenvalue weighted by Gasteiger charge is -2.26. The lowest BCUT2D eigenvalue weighted by atomic mass is 10.2. The van der Waals surface area contributed by atoms with Crippen molar-refractivity contribution in [1.82, 2.24) is 14.5 Å². The van der Waals surface area contributed by atoms with Gasteiger partial charge in [0.1, 0.15) is 5.82 Å². The lowest BCUT2D eigenvalue weighted by Crippen LogP contribution is -2.36. The molecule has 0 radical (unpaired) electrons. The van der Waals surface area contributed by atoms with Gasteiger partial charge in [0.25, 0.3) is 0 Å². The summed E-state index contributed by atoms with van der Waals surface area (Å²) in [5.41, 5.74) is -0.564. The molecule has 27 heavy (non-hydrogen) atoms. The molecule has 146 valence electrons. The van der Waals surface area contributed by atoms with Gasteiger partial charge in [0.05, 0.1) is 4.90 Å². The Morgan fingerprint density at radius 1 is 1.00 bits per heavy atom. The third-order valence-electron chi connectivity index (χ3n) is 4.32. The smallest absolute Gasteiger partial charge is 0.364 e. The van der Waals surface area contributed by atoms with Gasteiger partial charge in [-0.3, -0.25) is 0 Å². The summed E-state index contributed by atoms with van der Waals surface area (Å²) in [4.78, 5) is 0.194. The molecule has 2 heterocycles. The quantitative estimate of drug-likeness (QED) is 0.834. The highest BCUT2D eigenvalue weighted by Crippen LogP contribution is 2.27. The minimum atomic E-state index is -4.55. The van der Waals surface area contributed by atoms with Crippen molar-refractivity contribution >= 4 is 15.8 Å². The Balaban J connectivity index is 1.76. The predicted octanol–water partition coefficient (Wildman–Crippen LogP) is 3.28. The van der Waals surface area contributed by atoms with E-state index in [1.807, 2.05) is 0 Å². The van der Waals surface area contributed by atoms with E-state index < -0.39 is 21.9 Å². The molecule has 3 rings (SSSR count). The first kappa shape index (κ1) is 19.6. The number of alkyl halides is 3. The van der Waals surface area contributed by atoms with E-state index in [1.165, 1.54) is 4.31 Å². The summed E-state index contributed by atoms with van der Waals surface area (Å²) in [5, 5.41) is 9.47. The number of aromatic nitrogens is 2. The summed E-state index contributed by atoms with van der Waals surface area (Å²) in [6, 6.07) is 8.56. The lowest BCUT2D eigenvalue weighted by molar-refractivity contribution is -0.141. The molecule has 6 nitrogen and oxygen atoms in total. The summed E-state index contributed by atoms with van der Waals surface area (Å²) in [7, 11) is -3.61. The van der Waals surface area contributed by atoms with E-state index in [0.29, 0.717) is 18.7 Å². The van der Waals surface area contributed by atoms with Gasteiger partial charge in [-0.05, 0) is 36.6 Å². The van der Waals surface area contributed by atoms with Crippen LogP contribution in [0.15, 0.2) is 41.3 Å². The number of rotatable bonds is 5. The Morgan fingerprint density at radius 3 is 2.33 bits per heavy atom. The number of sulfonamides is 1. The van der Waals surface area contributed by atoms with Crippen LogP contribution in [0.5, 0.6) is 0 Å². The first-order valence-corrected chi connectivity index (χ1v) is 9.95. The Labute approximate surface area is 155 Å². The molecular weight excluding hydrogens is 381 g/mol. The molecule has 0 atom stereocenters. The van der Waals surface area contributed by atoms with Crippen LogP contribution in [0.4, 0.5) is 19.0 Å². The standard InChI is InChI=1S/C17H19F3N4O2S/c18-17(19,20)15-8-9-16(23-22-15)21-12-13-6-2-3-7-14(13)27(25,26)24-10-4-1-5-11-24/h2-3,6-9H,1,4-5,10-12H2,(H,21,23). The molecule has 0 saturated carbocycles. The number of nitrogens with one attached hydrogen (secondary N) is 1. The van der Waals surface area contributed by atoms with E-state index in [-0.39, 0.29) is 17.3 Å². The number of nitrogens with zero attached hydrogens (tertiary/aromatic N) is 3. The Bertz CT molecular complexity index is 880. The molecule has 0 amide bonds. The van der Waals surface area contributed by atoms with Crippen LogP contribution in [-0.2, 0) is 22.7 Å². The van der Waals surface area contributed by atoms with Crippen molar-refractivity contribution in [2.45, 2.75) is 36.9 Å². The van der Waals surface area contributed by atoms with Gasteiger partial charge < -0.3 is 5.32 Å². The van der Waals surface area contributed by atoms with Crippen LogP contribution >= 0.6 is 0 Å². The maximum Gasteiger partial charge on any atom is 0.435 e. The van der Waals surface area contributed by atoms with Gasteiger partial charge in [0, 0.05) is 19.6 Å². The Morgan fingerprint density at radius 2 is 1.70 bits per heavy atom. The summed E-state index contributed by atoms with van der Waals surface area (Å²) in [6.07, 6.45) is -1.87. The Kier molecular flexibility index (Phi) is 5.66. The largest absolute Gasteiger partial charge is 0.435 e. The molecule has 1 aromatic heterocycles. The summed E-state index contributed by atoms with van der Waals surface area (Å²) in [5.74, 6) is 0.133. The second-order valence-electron chi connectivity index (χ2n) is 6.23. The predicted molar refractivity (Wildman–Crippen MR) is 93.4 cm³/mol. The van der Waals surface area contributed by atoms with E-state index in [9.17, 15) is 21.6 Å². The van der Waals surface area contributed by atoms with Gasteiger partial charge in [0.15, 0.2) is 5.69 Å². The molecule has 1 aromatic carbocycles. The first-order chi connectivity index (χ1) is 12.8.